The fourth-order valence-electron chi connectivity index (χ4n) is 4.65. The van der Waals surface area contributed by atoms with E-state index in [9.17, 15) is 4.79 Å². The van der Waals surface area contributed by atoms with Crippen molar-refractivity contribution in [1.29, 1.82) is 5.26 Å². The molecule has 4 rings (SSSR count). The molecule has 3 aliphatic heterocycles. The second kappa shape index (κ2) is 7.51. The molecule has 0 aromatic carbocycles. The SMILES string of the molecule is N#CN1CCN2CCN(C3NC(Cl)C(C4CCCCC4)S3)C(=O)[C@@H]2C1. The van der Waals surface area contributed by atoms with Crippen LogP contribution in [0.5, 0.6) is 0 Å². The summed E-state index contributed by atoms with van der Waals surface area (Å²) in [5.74, 6) is 0.809. The molecule has 0 spiro atoms. The predicted molar refractivity (Wildman–Crippen MR) is 98.8 cm³/mol. The number of halogens is 1. The number of nitriles is 1. The Kier molecular flexibility index (Phi) is 5.33. The van der Waals surface area contributed by atoms with Gasteiger partial charge in [-0.05, 0) is 18.8 Å². The van der Waals surface area contributed by atoms with Crippen molar-refractivity contribution in [2.75, 3.05) is 32.7 Å². The van der Waals surface area contributed by atoms with Crippen LogP contribution < -0.4 is 5.32 Å². The fraction of sp³-hybridized carbons (Fsp3) is 0.882. The van der Waals surface area contributed by atoms with Gasteiger partial charge in [0.2, 0.25) is 5.91 Å². The van der Waals surface area contributed by atoms with Crippen LogP contribution in [0.1, 0.15) is 32.1 Å². The summed E-state index contributed by atoms with van der Waals surface area (Å²) in [6.45, 7) is 3.67. The zero-order chi connectivity index (χ0) is 17.4. The summed E-state index contributed by atoms with van der Waals surface area (Å²) in [7, 11) is 0. The summed E-state index contributed by atoms with van der Waals surface area (Å²) in [6.07, 6.45) is 8.67. The molecule has 1 amide bonds. The van der Waals surface area contributed by atoms with E-state index in [1.54, 1.807) is 4.90 Å². The third-order valence-corrected chi connectivity index (χ3v) is 8.27. The van der Waals surface area contributed by atoms with E-state index in [2.05, 4.69) is 16.4 Å². The van der Waals surface area contributed by atoms with E-state index in [4.69, 9.17) is 16.9 Å². The van der Waals surface area contributed by atoms with Gasteiger partial charge in [0, 0.05) is 31.4 Å². The minimum atomic E-state index is -0.188. The molecule has 0 bridgehead atoms. The van der Waals surface area contributed by atoms with Gasteiger partial charge in [0.25, 0.3) is 0 Å². The monoisotopic (exact) mass is 383 g/mol. The Hall–Kier alpha value is -0.680. The number of alkyl halides is 1. The van der Waals surface area contributed by atoms with Gasteiger partial charge in [-0.3, -0.25) is 15.0 Å². The summed E-state index contributed by atoms with van der Waals surface area (Å²) in [6, 6.07) is -0.188. The zero-order valence-corrected chi connectivity index (χ0v) is 16.0. The molecule has 3 unspecified atom stereocenters. The Balaban J connectivity index is 1.42. The highest BCUT2D eigenvalue weighted by atomic mass is 35.5. The lowest BCUT2D eigenvalue weighted by Gasteiger charge is -2.46. The molecular weight excluding hydrogens is 358 g/mol. The zero-order valence-electron chi connectivity index (χ0n) is 14.4. The first-order chi connectivity index (χ1) is 12.2. The molecule has 8 heteroatoms. The Morgan fingerprint density at radius 3 is 2.68 bits per heavy atom. The highest BCUT2D eigenvalue weighted by molar-refractivity contribution is 8.00. The number of amides is 1. The standard InChI is InChI=1S/C17H26ClN5OS/c18-15-14(12-4-2-1-3-5-12)25-17(20-15)23-9-8-22-7-6-21(11-19)10-13(22)16(23)24/h12-15,17,20H,1-10H2/t13-,14?,15?,17?/m0/s1. The van der Waals surface area contributed by atoms with Gasteiger partial charge in [0.1, 0.15) is 11.5 Å². The van der Waals surface area contributed by atoms with Crippen LogP contribution in [0.25, 0.3) is 0 Å². The van der Waals surface area contributed by atoms with Crippen LogP contribution in [0, 0.1) is 17.4 Å². The summed E-state index contributed by atoms with van der Waals surface area (Å²) >= 11 is 8.47. The molecule has 1 N–H and O–H groups in total. The number of hydrogen-bond acceptors (Lipinski definition) is 6. The van der Waals surface area contributed by atoms with Crippen molar-refractivity contribution in [3.8, 4) is 6.19 Å². The third-order valence-electron chi connectivity index (χ3n) is 6.10. The van der Waals surface area contributed by atoms with Crippen LogP contribution in [0.15, 0.2) is 0 Å². The number of rotatable bonds is 2. The second-order valence-corrected chi connectivity index (χ2v) is 9.28. The lowest BCUT2D eigenvalue weighted by atomic mass is 9.86. The van der Waals surface area contributed by atoms with Gasteiger partial charge < -0.3 is 9.80 Å². The van der Waals surface area contributed by atoms with E-state index in [1.807, 2.05) is 16.7 Å². The first-order valence-electron chi connectivity index (χ1n) is 9.42. The van der Waals surface area contributed by atoms with Crippen LogP contribution in [-0.2, 0) is 4.79 Å². The first kappa shape index (κ1) is 17.7. The smallest absolute Gasteiger partial charge is 0.243 e. The molecule has 6 nitrogen and oxygen atoms in total. The largest absolute Gasteiger partial charge is 0.315 e. The molecule has 1 saturated carbocycles. The summed E-state index contributed by atoms with van der Waals surface area (Å²) in [5.41, 5.74) is -0.0903. The molecule has 3 saturated heterocycles. The molecule has 138 valence electrons. The van der Waals surface area contributed by atoms with Crippen LogP contribution >= 0.6 is 23.4 Å². The molecule has 4 fully saturated rings. The van der Waals surface area contributed by atoms with Crippen LogP contribution in [0.2, 0.25) is 0 Å². The van der Waals surface area contributed by atoms with E-state index < -0.39 is 0 Å². The van der Waals surface area contributed by atoms with E-state index in [-0.39, 0.29) is 22.9 Å². The van der Waals surface area contributed by atoms with Gasteiger partial charge in [0.05, 0.1) is 12.0 Å². The maximum absolute atomic E-state index is 13.0. The number of nitrogens with zero attached hydrogens (tertiary/aromatic N) is 4. The molecule has 0 radical (unpaired) electrons. The lowest BCUT2D eigenvalue weighted by molar-refractivity contribution is -0.145. The normalized spacial score (nSPS) is 37.8. The molecular formula is C17H26ClN5OS. The maximum atomic E-state index is 13.0. The Bertz CT molecular complexity index is 552. The average molecular weight is 384 g/mol. The van der Waals surface area contributed by atoms with E-state index in [0.29, 0.717) is 17.7 Å². The number of piperazine rings is 2. The van der Waals surface area contributed by atoms with Crippen LogP contribution in [0.4, 0.5) is 0 Å². The average Bonchev–Trinajstić information content (AvgIpc) is 3.04. The Labute approximate surface area is 158 Å². The molecule has 1 aliphatic carbocycles. The maximum Gasteiger partial charge on any atom is 0.243 e. The predicted octanol–water partition coefficient (Wildman–Crippen LogP) is 1.43. The molecule has 25 heavy (non-hydrogen) atoms. The number of carbonyl (C=O) groups excluding carboxylic acids is 1. The Morgan fingerprint density at radius 1 is 1.16 bits per heavy atom. The van der Waals surface area contributed by atoms with Crippen molar-refractivity contribution < 1.29 is 4.79 Å². The molecule has 3 heterocycles. The van der Waals surface area contributed by atoms with Crippen molar-refractivity contribution in [1.82, 2.24) is 20.0 Å². The number of nitrogens with one attached hydrogen (secondary N) is 1. The van der Waals surface area contributed by atoms with Crippen LogP contribution in [0.3, 0.4) is 0 Å². The topological polar surface area (TPSA) is 62.6 Å². The van der Waals surface area contributed by atoms with Gasteiger partial charge in [0.15, 0.2) is 6.19 Å². The molecule has 4 aliphatic rings. The lowest BCUT2D eigenvalue weighted by Crippen LogP contribution is -2.66. The highest BCUT2D eigenvalue weighted by Crippen LogP contribution is 2.42. The van der Waals surface area contributed by atoms with Gasteiger partial charge in [-0.15, -0.1) is 23.4 Å². The third kappa shape index (κ3) is 3.46. The highest BCUT2D eigenvalue weighted by Gasteiger charge is 2.46. The molecule has 0 aromatic heterocycles. The summed E-state index contributed by atoms with van der Waals surface area (Å²) in [4.78, 5) is 18.9. The first-order valence-corrected chi connectivity index (χ1v) is 10.8. The number of thioether (sulfide) groups is 1. The van der Waals surface area contributed by atoms with Crippen LogP contribution in [-0.4, -0.2) is 75.6 Å². The van der Waals surface area contributed by atoms with Gasteiger partial charge in [-0.25, -0.2) is 0 Å². The van der Waals surface area contributed by atoms with Crippen molar-refractivity contribution >= 4 is 29.3 Å². The molecule has 4 atom stereocenters. The minimum Gasteiger partial charge on any atom is -0.315 e. The molecule has 0 aromatic rings. The van der Waals surface area contributed by atoms with Gasteiger partial charge >= 0.3 is 0 Å². The van der Waals surface area contributed by atoms with Gasteiger partial charge in [-0.1, -0.05) is 19.3 Å². The van der Waals surface area contributed by atoms with Crippen molar-refractivity contribution in [2.45, 2.75) is 54.4 Å². The number of fused-ring (bicyclic) bond motifs is 1. The summed E-state index contributed by atoms with van der Waals surface area (Å²) in [5, 5.41) is 13.0. The fourth-order valence-corrected chi connectivity index (χ4v) is 6.82. The summed E-state index contributed by atoms with van der Waals surface area (Å²) < 4.78 is 0. The van der Waals surface area contributed by atoms with E-state index >= 15 is 0 Å². The quantitative estimate of drug-likeness (QED) is 0.442. The number of carbonyl (C=O) groups is 1. The Morgan fingerprint density at radius 2 is 1.92 bits per heavy atom. The van der Waals surface area contributed by atoms with Crippen molar-refractivity contribution in [2.24, 2.45) is 5.92 Å². The second-order valence-electron chi connectivity index (χ2n) is 7.55. The number of hydrogen-bond donors (Lipinski definition) is 1. The van der Waals surface area contributed by atoms with E-state index in [0.717, 1.165) is 26.2 Å². The minimum absolute atomic E-state index is 0.0264. The van der Waals surface area contributed by atoms with Crippen molar-refractivity contribution in [3.05, 3.63) is 0 Å². The van der Waals surface area contributed by atoms with E-state index in [1.165, 1.54) is 32.1 Å². The van der Waals surface area contributed by atoms with Crippen molar-refractivity contribution in [3.63, 3.8) is 0 Å². The van der Waals surface area contributed by atoms with Gasteiger partial charge in [-0.2, -0.15) is 5.26 Å².